The van der Waals surface area contributed by atoms with E-state index in [0.717, 1.165) is 12.8 Å². The van der Waals surface area contributed by atoms with Crippen LogP contribution >= 0.6 is 11.6 Å². The zero-order valence-corrected chi connectivity index (χ0v) is 12.7. The molecule has 1 atom stereocenters. The minimum absolute atomic E-state index is 0.0125. The fraction of sp³-hybridized carbons (Fsp3) is 0.692. The van der Waals surface area contributed by atoms with Crippen molar-refractivity contribution in [2.24, 2.45) is 0 Å². The average Bonchev–Trinajstić information content (AvgIpc) is 2.88. The zero-order chi connectivity index (χ0) is 14.7. The van der Waals surface area contributed by atoms with Gasteiger partial charge in [-0.1, -0.05) is 11.6 Å². The summed E-state index contributed by atoms with van der Waals surface area (Å²) in [4.78, 5) is 8.13. The van der Waals surface area contributed by atoms with Gasteiger partial charge in [0.1, 0.15) is 18.1 Å². The highest BCUT2D eigenvalue weighted by atomic mass is 35.5. The Morgan fingerprint density at radius 1 is 1.38 bits per heavy atom. The Balaban J connectivity index is 1.58. The van der Waals surface area contributed by atoms with Crippen molar-refractivity contribution in [1.29, 1.82) is 0 Å². The summed E-state index contributed by atoms with van der Waals surface area (Å²) in [5.74, 6) is 0.203. The first-order chi connectivity index (χ1) is 10.2. The van der Waals surface area contributed by atoms with Gasteiger partial charge in [-0.2, -0.15) is 0 Å². The quantitative estimate of drug-likeness (QED) is 0.816. The molecule has 2 aliphatic rings. The van der Waals surface area contributed by atoms with E-state index in [9.17, 15) is 0 Å². The van der Waals surface area contributed by atoms with Gasteiger partial charge in [0.2, 0.25) is 0 Å². The van der Waals surface area contributed by atoms with Crippen LogP contribution in [0.3, 0.4) is 0 Å². The van der Waals surface area contributed by atoms with Crippen LogP contribution in [0.25, 0.3) is 0 Å². The van der Waals surface area contributed by atoms with Crippen molar-refractivity contribution in [3.8, 4) is 0 Å². The van der Waals surface area contributed by atoms with Crippen LogP contribution in [0, 0.1) is 0 Å². The largest absolute Gasteiger partial charge is 0.383 e. The fourth-order valence-electron chi connectivity index (χ4n) is 2.59. The number of aromatic nitrogens is 2. The van der Waals surface area contributed by atoms with Crippen molar-refractivity contribution in [1.82, 2.24) is 9.97 Å². The van der Waals surface area contributed by atoms with Gasteiger partial charge in [-0.05, 0) is 0 Å². The van der Waals surface area contributed by atoms with Gasteiger partial charge < -0.3 is 24.8 Å². The standard InChI is InChI=1S/C13H19ClN4O3/c1-15-10-11(14)17-8-18-12(10)16-6-9-7-20-13(21-9)2-4-19-5-3-13/h8-9,15H,2-7H2,1H3,(H,16,17,18). The molecule has 0 radical (unpaired) electrons. The molecular formula is C13H19ClN4O3. The molecule has 1 spiro atoms. The van der Waals surface area contributed by atoms with E-state index in [1.54, 1.807) is 7.05 Å². The first-order valence-electron chi connectivity index (χ1n) is 7.04. The van der Waals surface area contributed by atoms with Crippen molar-refractivity contribution < 1.29 is 14.2 Å². The third-order valence-corrected chi connectivity index (χ3v) is 4.00. The lowest BCUT2D eigenvalue weighted by Crippen LogP contribution is -2.38. The van der Waals surface area contributed by atoms with Crippen LogP contribution in [-0.4, -0.2) is 55.3 Å². The van der Waals surface area contributed by atoms with Crippen molar-refractivity contribution in [2.75, 3.05) is 44.0 Å². The Morgan fingerprint density at radius 2 is 2.19 bits per heavy atom. The summed E-state index contributed by atoms with van der Waals surface area (Å²) in [7, 11) is 1.78. The average molecular weight is 315 g/mol. The highest BCUT2D eigenvalue weighted by Crippen LogP contribution is 2.33. The predicted molar refractivity (Wildman–Crippen MR) is 78.7 cm³/mol. The van der Waals surface area contributed by atoms with Crippen molar-refractivity contribution in [3.63, 3.8) is 0 Å². The Hall–Kier alpha value is -1.15. The van der Waals surface area contributed by atoms with E-state index in [1.165, 1.54) is 6.33 Å². The Kier molecular flexibility index (Phi) is 4.44. The summed E-state index contributed by atoms with van der Waals surface area (Å²) in [5.41, 5.74) is 0.680. The molecule has 1 unspecified atom stereocenters. The Bertz CT molecular complexity index is 496. The van der Waals surface area contributed by atoms with Crippen molar-refractivity contribution >= 4 is 23.1 Å². The lowest BCUT2D eigenvalue weighted by atomic mass is 10.1. The van der Waals surface area contributed by atoms with E-state index in [2.05, 4.69) is 20.6 Å². The van der Waals surface area contributed by atoms with E-state index in [0.29, 0.717) is 43.0 Å². The number of ether oxygens (including phenoxy) is 3. The number of halogens is 1. The van der Waals surface area contributed by atoms with Gasteiger partial charge in [-0.25, -0.2) is 9.97 Å². The maximum Gasteiger partial charge on any atom is 0.173 e. The van der Waals surface area contributed by atoms with E-state index < -0.39 is 5.79 Å². The molecule has 1 aromatic heterocycles. The highest BCUT2D eigenvalue weighted by molar-refractivity contribution is 6.32. The van der Waals surface area contributed by atoms with Gasteiger partial charge in [-0.15, -0.1) is 0 Å². The fourth-order valence-corrected chi connectivity index (χ4v) is 2.82. The minimum Gasteiger partial charge on any atom is -0.383 e. The van der Waals surface area contributed by atoms with E-state index in [-0.39, 0.29) is 6.10 Å². The van der Waals surface area contributed by atoms with Crippen molar-refractivity contribution in [2.45, 2.75) is 24.7 Å². The number of nitrogens with one attached hydrogen (secondary N) is 2. The second-order valence-corrected chi connectivity index (χ2v) is 5.45. The van der Waals surface area contributed by atoms with Crippen molar-refractivity contribution in [3.05, 3.63) is 11.5 Å². The molecular weight excluding hydrogens is 296 g/mol. The molecule has 0 aromatic carbocycles. The van der Waals surface area contributed by atoms with Gasteiger partial charge in [0.05, 0.1) is 19.8 Å². The number of anilines is 2. The third kappa shape index (κ3) is 3.21. The van der Waals surface area contributed by atoms with Gasteiger partial charge in [0.15, 0.2) is 16.8 Å². The first-order valence-corrected chi connectivity index (χ1v) is 7.42. The van der Waals surface area contributed by atoms with Gasteiger partial charge >= 0.3 is 0 Å². The maximum absolute atomic E-state index is 6.05. The van der Waals surface area contributed by atoms with Crippen LogP contribution in [0.5, 0.6) is 0 Å². The van der Waals surface area contributed by atoms with Crippen LogP contribution in [0.15, 0.2) is 6.33 Å². The molecule has 2 saturated heterocycles. The molecule has 2 fully saturated rings. The smallest absolute Gasteiger partial charge is 0.173 e. The number of nitrogens with zero attached hydrogens (tertiary/aromatic N) is 2. The van der Waals surface area contributed by atoms with E-state index in [1.807, 2.05) is 0 Å². The predicted octanol–water partition coefficient (Wildman–Crippen LogP) is 1.51. The number of hydrogen-bond acceptors (Lipinski definition) is 7. The monoisotopic (exact) mass is 314 g/mol. The molecule has 8 heteroatoms. The van der Waals surface area contributed by atoms with Crippen LogP contribution in [-0.2, 0) is 14.2 Å². The summed E-state index contributed by atoms with van der Waals surface area (Å²) >= 11 is 6.02. The second kappa shape index (κ2) is 6.31. The molecule has 21 heavy (non-hydrogen) atoms. The normalized spacial score (nSPS) is 24.2. The van der Waals surface area contributed by atoms with Crippen LogP contribution < -0.4 is 10.6 Å². The SMILES string of the molecule is CNc1c(Cl)ncnc1NCC1COC2(CCOCC2)O1. The highest BCUT2D eigenvalue weighted by Gasteiger charge is 2.42. The molecule has 3 rings (SSSR count). The minimum atomic E-state index is -0.459. The maximum atomic E-state index is 6.05. The molecule has 3 heterocycles. The molecule has 2 aliphatic heterocycles. The topological polar surface area (TPSA) is 77.5 Å². The van der Waals surface area contributed by atoms with E-state index >= 15 is 0 Å². The van der Waals surface area contributed by atoms with Gasteiger partial charge in [0.25, 0.3) is 0 Å². The summed E-state index contributed by atoms with van der Waals surface area (Å²) in [6.45, 7) is 2.54. The summed E-state index contributed by atoms with van der Waals surface area (Å²) < 4.78 is 17.2. The van der Waals surface area contributed by atoms with Gasteiger partial charge in [-0.3, -0.25) is 0 Å². The lowest BCUT2D eigenvalue weighted by Gasteiger charge is -2.31. The Morgan fingerprint density at radius 3 is 2.95 bits per heavy atom. The molecule has 1 aromatic rings. The zero-order valence-electron chi connectivity index (χ0n) is 11.9. The van der Waals surface area contributed by atoms with Crippen LogP contribution in [0.2, 0.25) is 5.15 Å². The molecule has 2 N–H and O–H groups in total. The summed E-state index contributed by atoms with van der Waals surface area (Å²) in [6.07, 6.45) is 2.98. The summed E-state index contributed by atoms with van der Waals surface area (Å²) in [5, 5.41) is 6.61. The third-order valence-electron chi connectivity index (χ3n) is 3.72. The molecule has 0 amide bonds. The lowest BCUT2D eigenvalue weighted by molar-refractivity contribution is -0.209. The molecule has 0 bridgehead atoms. The van der Waals surface area contributed by atoms with Crippen LogP contribution in [0.4, 0.5) is 11.5 Å². The molecule has 116 valence electrons. The number of rotatable bonds is 4. The Labute approximate surface area is 128 Å². The number of hydrogen-bond donors (Lipinski definition) is 2. The first kappa shape index (κ1) is 14.8. The molecule has 0 saturated carbocycles. The van der Waals surface area contributed by atoms with Crippen LogP contribution in [0.1, 0.15) is 12.8 Å². The summed E-state index contributed by atoms with van der Waals surface area (Å²) in [6, 6.07) is 0. The molecule has 0 aliphatic carbocycles. The van der Waals surface area contributed by atoms with E-state index in [4.69, 9.17) is 25.8 Å². The second-order valence-electron chi connectivity index (χ2n) is 5.09. The van der Waals surface area contributed by atoms with Gasteiger partial charge in [0, 0.05) is 26.4 Å². The molecule has 7 nitrogen and oxygen atoms in total.